The second-order valence-electron chi connectivity index (χ2n) is 8.86. The van der Waals surface area contributed by atoms with Crippen LogP contribution in [0.4, 0.5) is 0 Å². The Morgan fingerprint density at radius 2 is 1.87 bits per heavy atom. The second-order valence-corrected chi connectivity index (χ2v) is 8.86. The van der Waals surface area contributed by atoms with Gasteiger partial charge in [0.15, 0.2) is 11.6 Å². The fourth-order valence-electron chi connectivity index (χ4n) is 4.96. The molecule has 0 N–H and O–H groups in total. The highest BCUT2D eigenvalue weighted by atomic mass is 16.5. The molecule has 2 heterocycles. The standard InChI is InChI=1S/C27H27NO3/c1-18-16-28(17-24(18)19-5-3-2-4-6-19)11-9-25(29)21-8-7-20-15-27-23(14-22(20)13-21)26(30)10-12-31-27/h2-8,13-15,18,24H,9-12,16-17H2,1H3. The SMILES string of the molecule is CC1CN(CCC(=O)c2ccc3cc4c(cc3c2)C(=O)CCO4)CC1c1ccccc1. The van der Waals surface area contributed by atoms with Crippen molar-refractivity contribution in [2.24, 2.45) is 5.92 Å². The maximum atomic E-state index is 12.9. The lowest BCUT2D eigenvalue weighted by Gasteiger charge is -2.17. The number of rotatable bonds is 5. The zero-order chi connectivity index (χ0) is 21.4. The number of ether oxygens (including phenoxy) is 1. The third kappa shape index (κ3) is 4.00. The van der Waals surface area contributed by atoms with Gasteiger partial charge in [0.05, 0.1) is 12.2 Å². The molecular formula is C27H27NO3. The van der Waals surface area contributed by atoms with E-state index in [1.807, 2.05) is 30.3 Å². The Bertz CT molecular complexity index is 1140. The molecule has 5 rings (SSSR count). The Hall–Kier alpha value is -2.98. The third-order valence-corrected chi connectivity index (χ3v) is 6.72. The Balaban J connectivity index is 1.27. The van der Waals surface area contributed by atoms with Crippen molar-refractivity contribution < 1.29 is 14.3 Å². The van der Waals surface area contributed by atoms with Crippen LogP contribution in [0.5, 0.6) is 5.75 Å². The van der Waals surface area contributed by atoms with Crippen molar-refractivity contribution in [3.05, 3.63) is 77.4 Å². The van der Waals surface area contributed by atoms with Crippen molar-refractivity contribution in [2.45, 2.75) is 25.7 Å². The summed E-state index contributed by atoms with van der Waals surface area (Å²) in [6, 6.07) is 20.2. The minimum absolute atomic E-state index is 0.107. The second kappa shape index (κ2) is 8.27. The van der Waals surface area contributed by atoms with Crippen molar-refractivity contribution in [1.82, 2.24) is 4.90 Å². The van der Waals surface area contributed by atoms with Gasteiger partial charge in [0.2, 0.25) is 0 Å². The number of nitrogens with zero attached hydrogens (tertiary/aromatic N) is 1. The predicted octanol–water partition coefficient (Wildman–Crippen LogP) is 5.11. The summed E-state index contributed by atoms with van der Waals surface area (Å²) >= 11 is 0. The van der Waals surface area contributed by atoms with E-state index in [9.17, 15) is 9.59 Å². The van der Waals surface area contributed by atoms with Crippen LogP contribution in [0.25, 0.3) is 10.8 Å². The van der Waals surface area contributed by atoms with E-state index in [4.69, 9.17) is 4.74 Å². The van der Waals surface area contributed by atoms with Gasteiger partial charge in [-0.15, -0.1) is 0 Å². The molecule has 158 valence electrons. The van der Waals surface area contributed by atoms with Crippen LogP contribution in [-0.2, 0) is 0 Å². The van der Waals surface area contributed by atoms with E-state index in [1.165, 1.54) is 5.56 Å². The minimum atomic E-state index is 0.107. The Morgan fingerprint density at radius 1 is 1.03 bits per heavy atom. The summed E-state index contributed by atoms with van der Waals surface area (Å²) in [6.07, 6.45) is 0.919. The van der Waals surface area contributed by atoms with Crippen LogP contribution >= 0.6 is 0 Å². The molecule has 0 amide bonds. The highest BCUT2D eigenvalue weighted by Gasteiger charge is 2.30. The molecule has 2 aliphatic heterocycles. The maximum absolute atomic E-state index is 12.9. The smallest absolute Gasteiger partial charge is 0.170 e. The summed E-state index contributed by atoms with van der Waals surface area (Å²) in [4.78, 5) is 27.5. The summed E-state index contributed by atoms with van der Waals surface area (Å²) < 4.78 is 5.63. The third-order valence-electron chi connectivity index (χ3n) is 6.72. The van der Waals surface area contributed by atoms with E-state index in [0.29, 0.717) is 48.2 Å². The first-order chi connectivity index (χ1) is 15.1. The lowest BCUT2D eigenvalue weighted by Crippen LogP contribution is -2.24. The van der Waals surface area contributed by atoms with E-state index >= 15 is 0 Å². The first-order valence-electron chi connectivity index (χ1n) is 11.1. The molecule has 3 aromatic rings. The summed E-state index contributed by atoms with van der Waals surface area (Å²) in [6.45, 7) is 5.55. The zero-order valence-corrected chi connectivity index (χ0v) is 17.8. The van der Waals surface area contributed by atoms with E-state index in [0.717, 1.165) is 30.4 Å². The molecule has 0 saturated carbocycles. The van der Waals surface area contributed by atoms with E-state index in [-0.39, 0.29) is 11.6 Å². The zero-order valence-electron chi connectivity index (χ0n) is 17.8. The first kappa shape index (κ1) is 20.0. The van der Waals surface area contributed by atoms with Crippen LogP contribution in [-0.4, -0.2) is 42.7 Å². The van der Waals surface area contributed by atoms with Gasteiger partial charge in [-0.2, -0.15) is 0 Å². The fraction of sp³-hybridized carbons (Fsp3) is 0.333. The first-order valence-corrected chi connectivity index (χ1v) is 11.1. The number of Topliss-reactive ketones (excluding diaryl/α,β-unsaturated/α-hetero) is 2. The van der Waals surface area contributed by atoms with Gasteiger partial charge in [0, 0.05) is 44.0 Å². The molecule has 0 aliphatic carbocycles. The van der Waals surface area contributed by atoms with E-state index in [1.54, 1.807) is 0 Å². The predicted molar refractivity (Wildman–Crippen MR) is 122 cm³/mol. The van der Waals surface area contributed by atoms with E-state index in [2.05, 4.69) is 42.2 Å². The van der Waals surface area contributed by atoms with Gasteiger partial charge in [-0.1, -0.05) is 49.4 Å². The van der Waals surface area contributed by atoms with Crippen LogP contribution < -0.4 is 4.74 Å². The lowest BCUT2D eigenvalue weighted by molar-refractivity contribution is 0.0932. The minimum Gasteiger partial charge on any atom is -0.492 e. The molecule has 0 bridgehead atoms. The van der Waals surface area contributed by atoms with Crippen LogP contribution in [0.3, 0.4) is 0 Å². The Labute approximate surface area is 182 Å². The molecule has 4 heteroatoms. The van der Waals surface area contributed by atoms with Crippen molar-refractivity contribution >= 4 is 22.3 Å². The van der Waals surface area contributed by atoms with E-state index < -0.39 is 0 Å². The monoisotopic (exact) mass is 413 g/mol. The molecule has 1 saturated heterocycles. The number of hydrogen-bond donors (Lipinski definition) is 0. The number of benzene rings is 3. The molecular weight excluding hydrogens is 386 g/mol. The largest absolute Gasteiger partial charge is 0.492 e. The number of hydrogen-bond acceptors (Lipinski definition) is 4. The van der Waals surface area contributed by atoms with Crippen LogP contribution in [0.2, 0.25) is 0 Å². The number of likely N-dealkylation sites (tertiary alicyclic amines) is 1. The summed E-state index contributed by atoms with van der Waals surface area (Å²) in [5.41, 5.74) is 2.73. The molecule has 1 fully saturated rings. The van der Waals surface area contributed by atoms with Gasteiger partial charge in [-0.25, -0.2) is 0 Å². The Morgan fingerprint density at radius 3 is 2.71 bits per heavy atom. The van der Waals surface area contributed by atoms with Crippen molar-refractivity contribution in [2.75, 3.05) is 26.2 Å². The van der Waals surface area contributed by atoms with Gasteiger partial charge in [0.1, 0.15) is 5.75 Å². The average molecular weight is 414 g/mol. The molecule has 0 radical (unpaired) electrons. The average Bonchev–Trinajstić information content (AvgIpc) is 3.17. The highest BCUT2D eigenvalue weighted by molar-refractivity contribution is 6.05. The molecule has 2 aliphatic rings. The van der Waals surface area contributed by atoms with Gasteiger partial charge in [-0.3, -0.25) is 9.59 Å². The van der Waals surface area contributed by atoms with Crippen molar-refractivity contribution in [1.29, 1.82) is 0 Å². The number of carbonyl (C=O) groups excluding carboxylic acids is 2. The van der Waals surface area contributed by atoms with Gasteiger partial charge in [0.25, 0.3) is 0 Å². The quantitative estimate of drug-likeness (QED) is 0.545. The van der Waals surface area contributed by atoms with Gasteiger partial charge < -0.3 is 9.64 Å². The topological polar surface area (TPSA) is 46.6 Å². The number of carbonyl (C=O) groups is 2. The normalized spacial score (nSPS) is 21.1. The lowest BCUT2D eigenvalue weighted by atomic mass is 9.90. The summed E-state index contributed by atoms with van der Waals surface area (Å²) in [7, 11) is 0. The summed E-state index contributed by atoms with van der Waals surface area (Å²) in [5, 5.41) is 1.91. The van der Waals surface area contributed by atoms with Gasteiger partial charge in [-0.05, 0) is 40.5 Å². The molecule has 3 aromatic carbocycles. The van der Waals surface area contributed by atoms with Crippen LogP contribution in [0.1, 0.15) is 52.0 Å². The highest BCUT2D eigenvalue weighted by Crippen LogP contribution is 2.33. The van der Waals surface area contributed by atoms with Crippen LogP contribution in [0, 0.1) is 5.92 Å². The van der Waals surface area contributed by atoms with Crippen molar-refractivity contribution in [3.63, 3.8) is 0 Å². The Kier molecular flexibility index (Phi) is 5.33. The van der Waals surface area contributed by atoms with Gasteiger partial charge >= 0.3 is 0 Å². The molecule has 31 heavy (non-hydrogen) atoms. The number of ketones is 2. The van der Waals surface area contributed by atoms with Crippen LogP contribution in [0.15, 0.2) is 60.7 Å². The molecule has 2 unspecified atom stereocenters. The molecule has 0 aromatic heterocycles. The van der Waals surface area contributed by atoms with Crippen molar-refractivity contribution in [3.8, 4) is 5.75 Å². The molecule has 4 nitrogen and oxygen atoms in total. The maximum Gasteiger partial charge on any atom is 0.170 e. The molecule has 2 atom stereocenters. The fourth-order valence-corrected chi connectivity index (χ4v) is 4.96. The number of fused-ring (bicyclic) bond motifs is 2. The summed E-state index contributed by atoms with van der Waals surface area (Å²) in [5.74, 6) is 2.03. The molecule has 0 spiro atoms.